The summed E-state index contributed by atoms with van der Waals surface area (Å²) in [5.74, 6) is -0.356. The Bertz CT molecular complexity index is 655. The first-order valence-electron chi connectivity index (χ1n) is 7.65. The van der Waals surface area contributed by atoms with Crippen molar-refractivity contribution in [2.75, 3.05) is 0 Å². The molecular formula is C16H21BN2O4. The lowest BCUT2D eigenvalue weighted by molar-refractivity contribution is -0.123. The number of urea groups is 1. The Balaban J connectivity index is 1.84. The fraction of sp³-hybridized carbons (Fsp3) is 0.500. The summed E-state index contributed by atoms with van der Waals surface area (Å²) >= 11 is 0. The summed E-state index contributed by atoms with van der Waals surface area (Å²) < 4.78 is 12.0. The Morgan fingerprint density at radius 2 is 1.43 bits per heavy atom. The number of imide groups is 1. The van der Waals surface area contributed by atoms with E-state index in [4.69, 9.17) is 9.31 Å². The molecule has 0 unspecified atom stereocenters. The summed E-state index contributed by atoms with van der Waals surface area (Å²) in [6.07, 6.45) is 0. The van der Waals surface area contributed by atoms with E-state index < -0.39 is 29.9 Å². The second kappa shape index (κ2) is 4.82. The van der Waals surface area contributed by atoms with Crippen molar-refractivity contribution in [1.29, 1.82) is 0 Å². The minimum Gasteiger partial charge on any atom is -0.399 e. The first-order chi connectivity index (χ1) is 10.6. The van der Waals surface area contributed by atoms with Crippen LogP contribution in [-0.2, 0) is 19.6 Å². The summed E-state index contributed by atoms with van der Waals surface area (Å²) in [5, 5.41) is 4.91. The van der Waals surface area contributed by atoms with Crippen molar-refractivity contribution in [3.8, 4) is 0 Å². The lowest BCUT2D eigenvalue weighted by Crippen LogP contribution is -2.41. The van der Waals surface area contributed by atoms with Crippen LogP contribution in [0.2, 0.25) is 0 Å². The number of nitrogens with one attached hydrogen (secondary N) is 2. The van der Waals surface area contributed by atoms with Gasteiger partial charge < -0.3 is 14.6 Å². The Morgan fingerprint density at radius 3 is 1.87 bits per heavy atom. The number of carbonyl (C=O) groups excluding carboxylic acids is 2. The first kappa shape index (κ1) is 16.0. The molecule has 2 N–H and O–H groups in total. The smallest absolute Gasteiger partial charge is 0.399 e. The van der Waals surface area contributed by atoms with E-state index >= 15 is 0 Å². The third-order valence-electron chi connectivity index (χ3n) is 5.06. The molecule has 2 fully saturated rings. The predicted octanol–water partition coefficient (Wildman–Crippen LogP) is 1.04. The maximum atomic E-state index is 12.0. The van der Waals surface area contributed by atoms with Gasteiger partial charge in [-0.3, -0.25) is 10.1 Å². The zero-order valence-electron chi connectivity index (χ0n) is 14.0. The van der Waals surface area contributed by atoms with Crippen molar-refractivity contribution in [1.82, 2.24) is 10.6 Å². The lowest BCUT2D eigenvalue weighted by atomic mass is 9.77. The van der Waals surface area contributed by atoms with E-state index in [1.807, 2.05) is 52.0 Å². The van der Waals surface area contributed by atoms with Crippen molar-refractivity contribution >= 4 is 24.5 Å². The van der Waals surface area contributed by atoms with Crippen LogP contribution >= 0.6 is 0 Å². The van der Waals surface area contributed by atoms with Crippen molar-refractivity contribution in [3.63, 3.8) is 0 Å². The van der Waals surface area contributed by atoms with E-state index in [1.54, 1.807) is 6.92 Å². The van der Waals surface area contributed by atoms with Gasteiger partial charge in [0, 0.05) is 0 Å². The van der Waals surface area contributed by atoms with E-state index in [0.717, 1.165) is 5.46 Å². The molecule has 3 amide bonds. The van der Waals surface area contributed by atoms with Gasteiger partial charge >= 0.3 is 13.1 Å². The van der Waals surface area contributed by atoms with E-state index in [2.05, 4.69) is 10.6 Å². The van der Waals surface area contributed by atoms with Gasteiger partial charge in [0.2, 0.25) is 0 Å². The van der Waals surface area contributed by atoms with Gasteiger partial charge in [-0.1, -0.05) is 24.3 Å². The Morgan fingerprint density at radius 1 is 0.913 bits per heavy atom. The van der Waals surface area contributed by atoms with Crippen LogP contribution in [0.15, 0.2) is 24.3 Å². The summed E-state index contributed by atoms with van der Waals surface area (Å²) in [5.41, 5.74) is -0.267. The molecule has 2 heterocycles. The maximum absolute atomic E-state index is 12.0. The molecule has 122 valence electrons. The molecule has 1 aromatic rings. The minimum absolute atomic E-state index is 0.356. The van der Waals surface area contributed by atoms with Gasteiger partial charge in [-0.05, 0) is 45.6 Å². The molecule has 2 aliphatic rings. The van der Waals surface area contributed by atoms with Crippen LogP contribution in [-0.4, -0.2) is 30.3 Å². The molecule has 0 aliphatic carbocycles. The van der Waals surface area contributed by atoms with Crippen LogP contribution < -0.4 is 16.1 Å². The van der Waals surface area contributed by atoms with E-state index in [1.165, 1.54) is 0 Å². The highest BCUT2D eigenvalue weighted by Gasteiger charge is 2.52. The number of hydrogen-bond donors (Lipinski definition) is 2. The second-order valence-corrected chi connectivity index (χ2v) is 7.24. The number of benzene rings is 1. The predicted molar refractivity (Wildman–Crippen MR) is 86.2 cm³/mol. The van der Waals surface area contributed by atoms with Crippen molar-refractivity contribution in [3.05, 3.63) is 29.8 Å². The number of amides is 3. The molecule has 0 radical (unpaired) electrons. The fourth-order valence-electron chi connectivity index (χ4n) is 2.70. The summed E-state index contributed by atoms with van der Waals surface area (Å²) in [6.45, 7) is 9.68. The van der Waals surface area contributed by atoms with Gasteiger partial charge in [0.05, 0.1) is 11.2 Å². The molecule has 0 saturated carbocycles. The normalized spacial score (nSPS) is 28.7. The van der Waals surface area contributed by atoms with Gasteiger partial charge in [0.25, 0.3) is 5.91 Å². The van der Waals surface area contributed by atoms with Crippen LogP contribution in [0.4, 0.5) is 4.79 Å². The number of rotatable bonds is 2. The number of hydrogen-bond acceptors (Lipinski definition) is 4. The fourth-order valence-corrected chi connectivity index (χ4v) is 2.70. The van der Waals surface area contributed by atoms with Crippen LogP contribution in [0.1, 0.15) is 40.2 Å². The van der Waals surface area contributed by atoms with Gasteiger partial charge in [-0.25, -0.2) is 4.79 Å². The monoisotopic (exact) mass is 316 g/mol. The Hall–Kier alpha value is -1.86. The topological polar surface area (TPSA) is 76.7 Å². The minimum atomic E-state index is -1.05. The molecule has 2 aliphatic heterocycles. The highest BCUT2D eigenvalue weighted by Crippen LogP contribution is 2.36. The Kier molecular flexibility index (Phi) is 3.36. The molecule has 1 aromatic carbocycles. The summed E-state index contributed by atoms with van der Waals surface area (Å²) in [6, 6.07) is 6.87. The van der Waals surface area contributed by atoms with E-state index in [0.29, 0.717) is 5.56 Å². The molecule has 6 nitrogen and oxygen atoms in total. The van der Waals surface area contributed by atoms with Crippen molar-refractivity contribution in [2.24, 2.45) is 0 Å². The standard InChI is InChI=1S/C16H21BN2O4/c1-14(2)15(3,4)23-17(22-14)11-8-6-10(7-9-11)16(5)12(20)18-13(21)19-16/h6-9H,1-5H3,(H2,18,19,20,21)/t16-/m1/s1. The van der Waals surface area contributed by atoms with Crippen LogP contribution in [0, 0.1) is 0 Å². The third kappa shape index (κ3) is 2.44. The van der Waals surface area contributed by atoms with Crippen LogP contribution in [0.5, 0.6) is 0 Å². The van der Waals surface area contributed by atoms with Gasteiger partial charge in [0.1, 0.15) is 5.54 Å². The molecule has 1 atom stereocenters. The lowest BCUT2D eigenvalue weighted by Gasteiger charge is -2.32. The first-order valence-corrected chi connectivity index (χ1v) is 7.65. The van der Waals surface area contributed by atoms with E-state index in [9.17, 15) is 9.59 Å². The quantitative estimate of drug-likeness (QED) is 0.631. The third-order valence-corrected chi connectivity index (χ3v) is 5.06. The number of carbonyl (C=O) groups is 2. The SMILES string of the molecule is CC1(C)OB(c2ccc([C@@]3(C)NC(=O)NC3=O)cc2)OC1(C)C. The summed E-state index contributed by atoms with van der Waals surface area (Å²) in [7, 11) is -0.450. The van der Waals surface area contributed by atoms with Crippen LogP contribution in [0.25, 0.3) is 0 Å². The Labute approximate surface area is 136 Å². The van der Waals surface area contributed by atoms with Crippen LogP contribution in [0.3, 0.4) is 0 Å². The molecule has 0 bridgehead atoms. The molecule has 23 heavy (non-hydrogen) atoms. The zero-order valence-corrected chi connectivity index (χ0v) is 14.0. The average molecular weight is 316 g/mol. The highest BCUT2D eigenvalue weighted by molar-refractivity contribution is 6.62. The molecular weight excluding hydrogens is 295 g/mol. The molecule has 0 spiro atoms. The maximum Gasteiger partial charge on any atom is 0.494 e. The summed E-state index contributed by atoms with van der Waals surface area (Å²) in [4.78, 5) is 23.4. The van der Waals surface area contributed by atoms with E-state index in [-0.39, 0.29) is 5.91 Å². The highest BCUT2D eigenvalue weighted by atomic mass is 16.7. The largest absolute Gasteiger partial charge is 0.494 e. The second-order valence-electron chi connectivity index (χ2n) is 7.24. The average Bonchev–Trinajstić information content (AvgIpc) is 2.83. The van der Waals surface area contributed by atoms with Gasteiger partial charge in [-0.2, -0.15) is 0 Å². The molecule has 7 heteroatoms. The molecule has 3 rings (SSSR count). The molecule has 0 aromatic heterocycles. The zero-order chi connectivity index (χ0) is 17.0. The molecule has 2 saturated heterocycles. The van der Waals surface area contributed by atoms with Crippen molar-refractivity contribution in [2.45, 2.75) is 51.4 Å². The van der Waals surface area contributed by atoms with Gasteiger partial charge in [0.15, 0.2) is 0 Å². The van der Waals surface area contributed by atoms with Crippen molar-refractivity contribution < 1.29 is 18.9 Å². The van der Waals surface area contributed by atoms with Gasteiger partial charge in [-0.15, -0.1) is 0 Å².